The van der Waals surface area contributed by atoms with Crippen LogP contribution in [0, 0.1) is 5.82 Å². The minimum atomic E-state index is -0.679. The van der Waals surface area contributed by atoms with Gasteiger partial charge in [-0.25, -0.2) is 8.78 Å². The first kappa shape index (κ1) is 44.3. The number of carbonyl (C=O) groups is 1. The number of aromatic nitrogens is 2. The van der Waals surface area contributed by atoms with Crippen LogP contribution >= 0.6 is 9.24 Å². The Kier molecular flexibility index (Phi) is 13.9. The number of allylic oxidation sites excluding steroid dienone is 3. The third kappa shape index (κ3) is 8.81. The van der Waals surface area contributed by atoms with Crippen molar-refractivity contribution in [1.29, 1.82) is 0 Å². The number of fused-ring (bicyclic) bond motifs is 3. The van der Waals surface area contributed by atoms with Crippen molar-refractivity contribution in [3.05, 3.63) is 70.3 Å². The predicted molar refractivity (Wildman–Crippen MR) is 244 cm³/mol. The number of nitrogens with zero attached hydrogens (tertiary/aromatic N) is 7. The second-order valence-corrected chi connectivity index (χ2v) is 16.3. The molecule has 1 aliphatic carbocycles. The van der Waals surface area contributed by atoms with Gasteiger partial charge in [0.2, 0.25) is 0 Å². The molecule has 8 rings (SSSR count). The number of morpholine rings is 1. The number of hydrogen-bond acceptors (Lipinski definition) is 11. The Morgan fingerprint density at radius 1 is 1.08 bits per heavy atom. The lowest BCUT2D eigenvalue weighted by molar-refractivity contribution is -0.131. The van der Waals surface area contributed by atoms with Crippen LogP contribution in [0.3, 0.4) is 0 Å². The molecule has 5 heterocycles. The first-order valence-electron chi connectivity index (χ1n) is 21.6. The van der Waals surface area contributed by atoms with E-state index in [9.17, 15) is 9.90 Å². The molecule has 0 radical (unpaired) electrons. The number of phenolic OH excluding ortho intramolecular Hbond substituents is 1. The van der Waals surface area contributed by atoms with Gasteiger partial charge in [-0.1, -0.05) is 25.7 Å². The summed E-state index contributed by atoms with van der Waals surface area (Å²) >= 11 is 0. The van der Waals surface area contributed by atoms with Crippen LogP contribution in [0.15, 0.2) is 52.1 Å². The van der Waals surface area contributed by atoms with E-state index in [2.05, 4.69) is 14.1 Å². The van der Waals surface area contributed by atoms with E-state index in [0.29, 0.717) is 109 Å². The van der Waals surface area contributed by atoms with Crippen LogP contribution in [-0.4, -0.2) is 126 Å². The summed E-state index contributed by atoms with van der Waals surface area (Å²) in [6.07, 6.45) is 8.70. The third-order valence-corrected chi connectivity index (χ3v) is 12.2. The summed E-state index contributed by atoms with van der Waals surface area (Å²) in [4.78, 5) is 39.3. The van der Waals surface area contributed by atoms with Crippen molar-refractivity contribution in [2.45, 2.75) is 77.8 Å². The molecule has 5 aliphatic rings. The van der Waals surface area contributed by atoms with Crippen LogP contribution in [-0.2, 0) is 16.0 Å². The number of anilines is 1. The highest BCUT2D eigenvalue weighted by Gasteiger charge is 2.45. The van der Waals surface area contributed by atoms with Gasteiger partial charge < -0.3 is 30.1 Å². The van der Waals surface area contributed by atoms with E-state index in [0.717, 1.165) is 38.8 Å². The molecule has 3 saturated heterocycles. The van der Waals surface area contributed by atoms with Gasteiger partial charge in [0.05, 0.1) is 48.0 Å². The lowest BCUT2D eigenvalue weighted by Crippen LogP contribution is -2.43. The van der Waals surface area contributed by atoms with Crippen LogP contribution in [0.5, 0.6) is 11.8 Å². The maximum atomic E-state index is 18.1. The molecule has 1 atom stereocenters. The molecule has 15 heteroatoms. The third-order valence-electron chi connectivity index (χ3n) is 12.2. The van der Waals surface area contributed by atoms with Gasteiger partial charge in [0, 0.05) is 43.4 Å². The number of phenols is 1. The van der Waals surface area contributed by atoms with E-state index >= 15 is 8.78 Å². The Morgan fingerprint density at radius 3 is 2.51 bits per heavy atom. The largest absolute Gasteiger partial charge is 0.508 e. The fourth-order valence-electron chi connectivity index (χ4n) is 9.50. The van der Waals surface area contributed by atoms with Gasteiger partial charge in [0.25, 0.3) is 5.91 Å². The maximum Gasteiger partial charge on any atom is 0.319 e. The number of aromatic hydroxyl groups is 1. The van der Waals surface area contributed by atoms with Crippen molar-refractivity contribution in [1.82, 2.24) is 19.8 Å². The first-order chi connectivity index (χ1) is 29.5. The smallest absolute Gasteiger partial charge is 0.319 e. The number of amides is 1. The Labute approximate surface area is 359 Å². The summed E-state index contributed by atoms with van der Waals surface area (Å²) in [7, 11) is 2.42. The highest BCUT2D eigenvalue weighted by atomic mass is 31.0. The summed E-state index contributed by atoms with van der Waals surface area (Å²) in [5.41, 5.74) is 9.23. The number of halogens is 2. The van der Waals surface area contributed by atoms with E-state index in [1.807, 2.05) is 45.3 Å². The minimum absolute atomic E-state index is 0.0224. The topological polar surface area (TPSA) is 142 Å². The predicted octanol–water partition coefficient (Wildman–Crippen LogP) is 6.99. The lowest BCUT2D eigenvalue weighted by atomic mass is 9.81. The summed E-state index contributed by atoms with van der Waals surface area (Å²) in [5.74, 6) is -1.01. The number of aryl methyl sites for hydroxylation is 1. The highest BCUT2D eigenvalue weighted by Crippen LogP contribution is 2.48. The van der Waals surface area contributed by atoms with E-state index < -0.39 is 11.6 Å². The second kappa shape index (κ2) is 19.1. The van der Waals surface area contributed by atoms with E-state index in [4.69, 9.17) is 35.2 Å². The molecule has 2 aromatic carbocycles. The van der Waals surface area contributed by atoms with Crippen molar-refractivity contribution in [3.8, 4) is 11.8 Å². The Morgan fingerprint density at radius 2 is 1.82 bits per heavy atom. The van der Waals surface area contributed by atoms with Gasteiger partial charge in [0.1, 0.15) is 29.7 Å². The standard InChI is InChI=1S/C45H54F2N8O4.CH5P/c1-5-31-34(46)11-10-28-22-30(56)24-33(36(28)31)37-39(47)41-38(32(6-2)40(37)50-27(3)4)42(52-44(51-41)59-26-45-12-7-16-55(45)17-8-13-45)54-15-9-14-49-29(25-54)23-35(48)43(57)53-18-20-58-21-19-53;1-2/h6,10-11,22-24,27,56H,5,7-9,12-21,25-26,48H2,1-4H3;2H2,1H3/b32-6-,35-23-,50-40?;. The van der Waals surface area contributed by atoms with Gasteiger partial charge >= 0.3 is 6.01 Å². The maximum absolute atomic E-state index is 18.1. The first-order valence-corrected chi connectivity index (χ1v) is 22.8. The van der Waals surface area contributed by atoms with Crippen LogP contribution < -0.4 is 15.4 Å². The molecule has 3 N–H and O–H groups in total. The number of hydrogen-bond donors (Lipinski definition) is 2. The summed E-state index contributed by atoms with van der Waals surface area (Å²) in [6, 6.07) is 5.82. The van der Waals surface area contributed by atoms with E-state index in [1.165, 1.54) is 12.1 Å². The highest BCUT2D eigenvalue weighted by molar-refractivity contribution is 7.15. The SMILES string of the molecule is C/C=C1\C(=NC(C)C)C(c2cc(O)cc3ccc(F)c(CC)c23)=C(F)c2nc(OCC34CCCN3CCC4)nc(N3CCCN=C(/C=C(\N)C(=O)N4CCOCC4)C3)c21.CP. The molecule has 0 spiro atoms. The zero-order chi connectivity index (χ0) is 43.4. The van der Waals surface area contributed by atoms with E-state index in [-0.39, 0.29) is 52.8 Å². The van der Waals surface area contributed by atoms with Crippen LogP contribution in [0.2, 0.25) is 0 Å². The summed E-state index contributed by atoms with van der Waals surface area (Å²) in [5, 5.41) is 12.2. The minimum Gasteiger partial charge on any atom is -0.508 e. The molecular weight excluding hydrogens is 798 g/mol. The number of rotatable bonds is 9. The van der Waals surface area contributed by atoms with Gasteiger partial charge in [-0.2, -0.15) is 9.97 Å². The van der Waals surface area contributed by atoms with Crippen molar-refractivity contribution >= 4 is 60.1 Å². The van der Waals surface area contributed by atoms with Gasteiger partial charge in [-0.3, -0.25) is 19.7 Å². The normalized spacial score (nSPS) is 20.8. The zero-order valence-electron chi connectivity index (χ0n) is 36.1. The van der Waals surface area contributed by atoms with Crippen molar-refractivity contribution < 1.29 is 28.2 Å². The number of aliphatic imine (C=N–C) groups is 2. The molecule has 326 valence electrons. The lowest BCUT2D eigenvalue weighted by Gasteiger charge is -2.33. The second-order valence-electron chi connectivity index (χ2n) is 16.3. The molecule has 0 saturated carbocycles. The molecule has 61 heavy (non-hydrogen) atoms. The fraction of sp³-hybridized carbons (Fsp3) is 0.500. The Hall–Kier alpha value is -4.78. The molecule has 1 aromatic heterocycles. The molecule has 1 unspecified atom stereocenters. The summed E-state index contributed by atoms with van der Waals surface area (Å²) in [6.45, 7) is 14.9. The molecular formula is C46H59F2N8O4P. The van der Waals surface area contributed by atoms with Crippen molar-refractivity contribution in [3.63, 3.8) is 0 Å². The molecule has 4 aliphatic heterocycles. The molecule has 12 nitrogen and oxygen atoms in total. The Bertz CT molecular complexity index is 2310. The molecule has 3 aromatic rings. The average Bonchev–Trinajstić information content (AvgIpc) is 3.77. The Balaban J connectivity index is 0.00000277. The van der Waals surface area contributed by atoms with Crippen LogP contribution in [0.4, 0.5) is 14.6 Å². The van der Waals surface area contributed by atoms with Crippen LogP contribution in [0.1, 0.15) is 82.2 Å². The number of nitrogens with two attached hydrogens (primary N) is 1. The summed E-state index contributed by atoms with van der Waals surface area (Å²) < 4.78 is 45.7. The average molecular weight is 857 g/mol. The molecule has 0 bridgehead atoms. The van der Waals surface area contributed by atoms with Gasteiger partial charge in [-0.15, -0.1) is 9.24 Å². The quantitative estimate of drug-likeness (QED) is 0.172. The number of benzene rings is 2. The molecule has 3 fully saturated rings. The number of carbonyl (C=O) groups excluding carboxylic acids is 1. The van der Waals surface area contributed by atoms with Crippen molar-refractivity contribution in [2.75, 3.05) is 77.2 Å². The monoisotopic (exact) mass is 856 g/mol. The number of ether oxygens (including phenoxy) is 2. The van der Waals surface area contributed by atoms with Gasteiger partial charge in [0.15, 0.2) is 5.83 Å². The van der Waals surface area contributed by atoms with Crippen molar-refractivity contribution in [2.24, 2.45) is 15.7 Å². The molecule has 1 amide bonds. The fourth-order valence-corrected chi connectivity index (χ4v) is 9.50. The van der Waals surface area contributed by atoms with Gasteiger partial charge in [-0.05, 0) is 119 Å². The zero-order valence-corrected chi connectivity index (χ0v) is 37.2. The van der Waals surface area contributed by atoms with E-state index in [1.54, 1.807) is 23.1 Å². The van der Waals surface area contributed by atoms with Crippen LogP contribution in [0.25, 0.3) is 27.7 Å².